The van der Waals surface area contributed by atoms with Gasteiger partial charge in [-0.1, -0.05) is 18.2 Å². The van der Waals surface area contributed by atoms with E-state index in [0.717, 1.165) is 22.0 Å². The fourth-order valence-corrected chi connectivity index (χ4v) is 3.10. The van der Waals surface area contributed by atoms with Crippen molar-refractivity contribution in [2.24, 2.45) is 0 Å². The highest BCUT2D eigenvalue weighted by Gasteiger charge is 2.13. The van der Waals surface area contributed by atoms with Crippen molar-refractivity contribution >= 4 is 16.8 Å². The highest BCUT2D eigenvalue weighted by molar-refractivity contribution is 5.84. The van der Waals surface area contributed by atoms with Gasteiger partial charge in [0, 0.05) is 41.7 Å². The van der Waals surface area contributed by atoms with Crippen LogP contribution < -0.4 is 19.5 Å². The molecule has 6 heteroatoms. The number of rotatable bonds is 8. The molecule has 1 amide bonds. The Balaban J connectivity index is 1.62. The Morgan fingerprint density at radius 3 is 2.41 bits per heavy atom. The fraction of sp³-hybridized carbons (Fsp3) is 0.286. The van der Waals surface area contributed by atoms with Crippen molar-refractivity contribution in [3.8, 4) is 17.2 Å². The van der Waals surface area contributed by atoms with E-state index >= 15 is 0 Å². The van der Waals surface area contributed by atoms with Gasteiger partial charge in [-0.25, -0.2) is 0 Å². The van der Waals surface area contributed by atoms with Crippen molar-refractivity contribution in [2.75, 3.05) is 21.3 Å². The van der Waals surface area contributed by atoms with Crippen molar-refractivity contribution in [1.29, 1.82) is 0 Å². The van der Waals surface area contributed by atoms with Gasteiger partial charge >= 0.3 is 0 Å². The van der Waals surface area contributed by atoms with Crippen LogP contribution in [0.25, 0.3) is 10.9 Å². The van der Waals surface area contributed by atoms with Gasteiger partial charge in [-0.15, -0.1) is 0 Å². The second-order valence-electron chi connectivity index (χ2n) is 6.16. The highest BCUT2D eigenvalue weighted by atomic mass is 16.5. The van der Waals surface area contributed by atoms with Crippen molar-refractivity contribution < 1.29 is 19.0 Å². The van der Waals surface area contributed by atoms with Crippen LogP contribution in [0.3, 0.4) is 0 Å². The molecule has 0 aliphatic carbocycles. The number of para-hydroxylation sites is 1. The van der Waals surface area contributed by atoms with E-state index in [9.17, 15) is 4.79 Å². The van der Waals surface area contributed by atoms with Crippen LogP contribution in [0.2, 0.25) is 0 Å². The maximum atomic E-state index is 12.3. The quantitative estimate of drug-likeness (QED) is 0.639. The van der Waals surface area contributed by atoms with Crippen molar-refractivity contribution in [1.82, 2.24) is 10.3 Å². The van der Waals surface area contributed by atoms with E-state index in [1.54, 1.807) is 27.4 Å². The lowest BCUT2D eigenvalue weighted by molar-refractivity contribution is -0.121. The number of aryl methyl sites for hydroxylation is 1. The molecular weight excluding hydrogens is 344 g/mol. The van der Waals surface area contributed by atoms with Gasteiger partial charge in [0.25, 0.3) is 0 Å². The minimum atomic E-state index is -0.0166. The molecule has 3 rings (SSSR count). The molecule has 1 heterocycles. The molecule has 0 radical (unpaired) electrons. The fourth-order valence-electron chi connectivity index (χ4n) is 3.10. The highest BCUT2D eigenvalue weighted by Crippen LogP contribution is 2.34. The standard InChI is InChI=1S/C21H24N2O4/c1-25-18-11-20(27-3)19(26-2)10-15(18)13-23-21(24)9-8-14-12-22-17-7-5-4-6-16(14)17/h4-7,10-12,22H,8-9,13H2,1-3H3,(H,23,24). The third-order valence-corrected chi connectivity index (χ3v) is 4.56. The Morgan fingerprint density at radius 1 is 0.963 bits per heavy atom. The van der Waals surface area contributed by atoms with Crippen molar-refractivity contribution in [2.45, 2.75) is 19.4 Å². The number of aromatic amines is 1. The maximum Gasteiger partial charge on any atom is 0.220 e. The summed E-state index contributed by atoms with van der Waals surface area (Å²) in [6, 6.07) is 11.7. The van der Waals surface area contributed by atoms with Gasteiger partial charge in [0.2, 0.25) is 5.91 Å². The molecule has 0 fully saturated rings. The largest absolute Gasteiger partial charge is 0.496 e. The number of carbonyl (C=O) groups is 1. The summed E-state index contributed by atoms with van der Waals surface area (Å²) in [5.41, 5.74) is 3.06. The number of carbonyl (C=O) groups excluding carboxylic acids is 1. The number of aromatic nitrogens is 1. The molecule has 0 saturated carbocycles. The minimum Gasteiger partial charge on any atom is -0.496 e. The zero-order chi connectivity index (χ0) is 19.2. The van der Waals surface area contributed by atoms with Crippen LogP contribution in [0, 0.1) is 0 Å². The lowest BCUT2D eigenvalue weighted by Gasteiger charge is -2.14. The summed E-state index contributed by atoms with van der Waals surface area (Å²) in [4.78, 5) is 15.5. The van der Waals surface area contributed by atoms with E-state index in [-0.39, 0.29) is 5.91 Å². The molecule has 3 aromatic rings. The molecule has 0 aliphatic heterocycles. The number of ether oxygens (including phenoxy) is 3. The Bertz CT molecular complexity index is 933. The van der Waals surface area contributed by atoms with Crippen LogP contribution in [-0.2, 0) is 17.8 Å². The predicted molar refractivity (Wildman–Crippen MR) is 105 cm³/mol. The predicted octanol–water partition coefficient (Wildman–Crippen LogP) is 3.44. The number of hydrogen-bond acceptors (Lipinski definition) is 4. The van der Waals surface area contributed by atoms with E-state index in [2.05, 4.69) is 16.4 Å². The molecule has 6 nitrogen and oxygen atoms in total. The van der Waals surface area contributed by atoms with E-state index in [0.29, 0.717) is 36.6 Å². The number of benzene rings is 2. The van der Waals surface area contributed by atoms with Crippen molar-refractivity contribution in [3.63, 3.8) is 0 Å². The molecule has 142 valence electrons. The van der Waals surface area contributed by atoms with E-state index in [1.807, 2.05) is 30.5 Å². The normalized spacial score (nSPS) is 10.6. The minimum absolute atomic E-state index is 0.0166. The van der Waals surface area contributed by atoms with Crippen molar-refractivity contribution in [3.05, 3.63) is 53.7 Å². The first-order chi connectivity index (χ1) is 13.2. The zero-order valence-electron chi connectivity index (χ0n) is 15.8. The summed E-state index contributed by atoms with van der Waals surface area (Å²) < 4.78 is 16.0. The molecule has 0 unspecified atom stereocenters. The second-order valence-corrected chi connectivity index (χ2v) is 6.16. The van der Waals surface area contributed by atoms with E-state index in [4.69, 9.17) is 14.2 Å². The molecule has 0 atom stereocenters. The number of methoxy groups -OCH3 is 3. The van der Waals surface area contributed by atoms with Crippen LogP contribution in [0.15, 0.2) is 42.6 Å². The van der Waals surface area contributed by atoms with Gasteiger partial charge < -0.3 is 24.5 Å². The monoisotopic (exact) mass is 368 g/mol. The SMILES string of the molecule is COc1cc(OC)c(OC)cc1CNC(=O)CCc1c[nH]c2ccccc12. The number of H-pyrrole nitrogens is 1. The molecule has 27 heavy (non-hydrogen) atoms. The zero-order valence-corrected chi connectivity index (χ0v) is 15.8. The van der Waals surface area contributed by atoms with Gasteiger partial charge in [0.15, 0.2) is 11.5 Å². The number of nitrogens with one attached hydrogen (secondary N) is 2. The average molecular weight is 368 g/mol. The van der Waals surface area contributed by atoms with Crippen LogP contribution in [0.1, 0.15) is 17.5 Å². The van der Waals surface area contributed by atoms with Crippen LogP contribution in [0.4, 0.5) is 0 Å². The summed E-state index contributed by atoms with van der Waals surface area (Å²) in [5.74, 6) is 1.81. The number of hydrogen-bond donors (Lipinski definition) is 2. The van der Waals surface area contributed by atoms with Gasteiger partial charge in [-0.05, 0) is 24.1 Å². The summed E-state index contributed by atoms with van der Waals surface area (Å²) in [5, 5.41) is 4.11. The molecule has 1 aromatic heterocycles. The van der Waals surface area contributed by atoms with Crippen LogP contribution in [-0.4, -0.2) is 32.2 Å². The number of fused-ring (bicyclic) bond motifs is 1. The summed E-state index contributed by atoms with van der Waals surface area (Å²) in [6.07, 6.45) is 3.06. The smallest absolute Gasteiger partial charge is 0.220 e. The van der Waals surface area contributed by atoms with Gasteiger partial charge in [-0.2, -0.15) is 0 Å². The molecule has 0 aliphatic rings. The Labute approximate surface area is 158 Å². The lowest BCUT2D eigenvalue weighted by Crippen LogP contribution is -2.23. The molecule has 0 saturated heterocycles. The molecule has 2 aromatic carbocycles. The lowest BCUT2D eigenvalue weighted by atomic mass is 10.1. The van der Waals surface area contributed by atoms with Crippen LogP contribution in [0.5, 0.6) is 17.2 Å². The average Bonchev–Trinajstić information content (AvgIpc) is 3.13. The third-order valence-electron chi connectivity index (χ3n) is 4.56. The Morgan fingerprint density at radius 2 is 1.67 bits per heavy atom. The first-order valence-corrected chi connectivity index (χ1v) is 8.76. The molecule has 0 bridgehead atoms. The first-order valence-electron chi connectivity index (χ1n) is 8.76. The third kappa shape index (κ3) is 4.16. The van der Waals surface area contributed by atoms with Gasteiger partial charge in [0.1, 0.15) is 5.75 Å². The first kappa shape index (κ1) is 18.6. The van der Waals surface area contributed by atoms with Gasteiger partial charge in [-0.3, -0.25) is 4.79 Å². The van der Waals surface area contributed by atoms with E-state index in [1.165, 1.54) is 0 Å². The van der Waals surface area contributed by atoms with Crippen LogP contribution >= 0.6 is 0 Å². The molecule has 2 N–H and O–H groups in total. The number of amides is 1. The molecule has 0 spiro atoms. The summed E-state index contributed by atoms with van der Waals surface area (Å²) in [6.45, 7) is 0.357. The maximum absolute atomic E-state index is 12.3. The Kier molecular flexibility index (Phi) is 5.86. The Hall–Kier alpha value is -3.15. The van der Waals surface area contributed by atoms with E-state index < -0.39 is 0 Å². The summed E-state index contributed by atoms with van der Waals surface area (Å²) >= 11 is 0. The molecular formula is C21H24N2O4. The second kappa shape index (κ2) is 8.49. The topological polar surface area (TPSA) is 72.6 Å². The van der Waals surface area contributed by atoms with Gasteiger partial charge in [0.05, 0.1) is 21.3 Å². The summed E-state index contributed by atoms with van der Waals surface area (Å²) in [7, 11) is 4.74.